The number of hydrogen-bond donors (Lipinski definition) is 1. The van der Waals surface area contributed by atoms with Crippen molar-refractivity contribution in [2.45, 2.75) is 44.8 Å². The molecular weight excluding hydrogens is 258 g/mol. The molecule has 0 fully saturated rings. The van der Waals surface area contributed by atoms with E-state index in [2.05, 4.69) is 36.4 Å². The van der Waals surface area contributed by atoms with E-state index in [-0.39, 0.29) is 6.04 Å². The summed E-state index contributed by atoms with van der Waals surface area (Å²) in [6.07, 6.45) is 5.83. The molecule has 2 aromatic rings. The van der Waals surface area contributed by atoms with Crippen molar-refractivity contribution in [2.24, 2.45) is 5.73 Å². The highest BCUT2D eigenvalue weighted by atomic mass is 16.5. The highest BCUT2D eigenvalue weighted by molar-refractivity contribution is 5.45. The number of hydrogen-bond acceptors (Lipinski definition) is 2. The van der Waals surface area contributed by atoms with Gasteiger partial charge in [0.05, 0.1) is 0 Å². The van der Waals surface area contributed by atoms with E-state index in [9.17, 15) is 0 Å². The lowest BCUT2D eigenvalue weighted by Gasteiger charge is -2.12. The summed E-state index contributed by atoms with van der Waals surface area (Å²) in [7, 11) is 0. The molecule has 4 rings (SSSR count). The van der Waals surface area contributed by atoms with Crippen molar-refractivity contribution in [3.63, 3.8) is 0 Å². The molecule has 0 aliphatic heterocycles. The van der Waals surface area contributed by atoms with Crippen LogP contribution in [0.1, 0.15) is 46.7 Å². The van der Waals surface area contributed by atoms with E-state index in [0.717, 1.165) is 18.6 Å². The van der Waals surface area contributed by atoms with Gasteiger partial charge in [0.1, 0.15) is 12.4 Å². The summed E-state index contributed by atoms with van der Waals surface area (Å²) in [5, 5.41) is 0. The van der Waals surface area contributed by atoms with E-state index in [1.54, 1.807) is 0 Å². The maximum absolute atomic E-state index is 6.13. The molecule has 21 heavy (non-hydrogen) atoms. The lowest BCUT2D eigenvalue weighted by molar-refractivity contribution is 0.303. The molecule has 0 saturated heterocycles. The molecule has 0 aromatic heterocycles. The Balaban J connectivity index is 1.53. The maximum Gasteiger partial charge on any atom is 0.123 e. The van der Waals surface area contributed by atoms with Crippen molar-refractivity contribution in [1.29, 1.82) is 0 Å². The molecule has 2 nitrogen and oxygen atoms in total. The van der Waals surface area contributed by atoms with Gasteiger partial charge in [-0.15, -0.1) is 0 Å². The van der Waals surface area contributed by atoms with Crippen LogP contribution in [0.2, 0.25) is 0 Å². The van der Waals surface area contributed by atoms with Gasteiger partial charge in [0.25, 0.3) is 0 Å². The zero-order chi connectivity index (χ0) is 14.2. The Kier molecular flexibility index (Phi) is 3.19. The fourth-order valence-corrected chi connectivity index (χ4v) is 3.66. The summed E-state index contributed by atoms with van der Waals surface area (Å²) in [6.45, 7) is 0.652. The molecule has 1 unspecified atom stereocenters. The third kappa shape index (κ3) is 2.34. The highest BCUT2D eigenvalue weighted by Crippen LogP contribution is 2.35. The summed E-state index contributed by atoms with van der Waals surface area (Å²) in [6, 6.07) is 13.2. The Bertz CT molecular complexity index is 677. The fourth-order valence-electron chi connectivity index (χ4n) is 3.66. The Morgan fingerprint density at radius 2 is 1.95 bits per heavy atom. The van der Waals surface area contributed by atoms with Crippen LogP contribution in [0.4, 0.5) is 0 Å². The predicted octanol–water partition coefficient (Wildman–Crippen LogP) is 3.70. The molecule has 108 valence electrons. The first-order valence-corrected chi connectivity index (χ1v) is 7.92. The minimum Gasteiger partial charge on any atom is -0.489 e. The normalized spacial score (nSPS) is 19.4. The van der Waals surface area contributed by atoms with Crippen molar-refractivity contribution in [3.8, 4) is 5.75 Å². The SMILES string of the molecule is NC1CCc2c(OCc3ccc4c(c3)CCC4)cccc21. The first kappa shape index (κ1) is 12.9. The second kappa shape index (κ2) is 5.19. The number of rotatable bonds is 3. The van der Waals surface area contributed by atoms with E-state index >= 15 is 0 Å². The minimum atomic E-state index is 0.184. The fraction of sp³-hybridized carbons (Fsp3) is 0.368. The van der Waals surface area contributed by atoms with Crippen LogP contribution >= 0.6 is 0 Å². The quantitative estimate of drug-likeness (QED) is 0.929. The van der Waals surface area contributed by atoms with Crippen molar-refractivity contribution >= 4 is 0 Å². The maximum atomic E-state index is 6.13. The van der Waals surface area contributed by atoms with Gasteiger partial charge in [-0.3, -0.25) is 0 Å². The van der Waals surface area contributed by atoms with Crippen LogP contribution in [0.5, 0.6) is 5.75 Å². The summed E-state index contributed by atoms with van der Waals surface area (Å²) >= 11 is 0. The Morgan fingerprint density at radius 3 is 2.90 bits per heavy atom. The van der Waals surface area contributed by atoms with Crippen LogP contribution in [0.25, 0.3) is 0 Å². The Hall–Kier alpha value is -1.80. The summed E-state index contributed by atoms with van der Waals surface area (Å²) in [5.74, 6) is 1.01. The molecule has 2 heteroatoms. The van der Waals surface area contributed by atoms with Crippen LogP contribution in [-0.2, 0) is 25.9 Å². The average molecular weight is 279 g/mol. The molecule has 0 heterocycles. The van der Waals surface area contributed by atoms with Gasteiger partial charge in [-0.05, 0) is 66.0 Å². The molecule has 2 aliphatic rings. The van der Waals surface area contributed by atoms with E-state index in [4.69, 9.17) is 10.5 Å². The molecule has 2 aromatic carbocycles. The Labute approximate surface area is 125 Å². The van der Waals surface area contributed by atoms with Crippen molar-refractivity contribution < 1.29 is 4.74 Å². The third-order valence-electron chi connectivity index (χ3n) is 4.83. The smallest absolute Gasteiger partial charge is 0.123 e. The van der Waals surface area contributed by atoms with Crippen molar-refractivity contribution in [1.82, 2.24) is 0 Å². The van der Waals surface area contributed by atoms with Crippen LogP contribution in [0.3, 0.4) is 0 Å². The molecule has 2 N–H and O–H groups in total. The number of benzene rings is 2. The second-order valence-electron chi connectivity index (χ2n) is 6.21. The van der Waals surface area contributed by atoms with E-state index in [1.807, 2.05) is 0 Å². The lowest BCUT2D eigenvalue weighted by atomic mass is 10.1. The molecule has 0 radical (unpaired) electrons. The predicted molar refractivity (Wildman–Crippen MR) is 84.5 cm³/mol. The van der Waals surface area contributed by atoms with Gasteiger partial charge in [-0.25, -0.2) is 0 Å². The number of ether oxygens (including phenoxy) is 1. The van der Waals surface area contributed by atoms with Gasteiger partial charge in [0.2, 0.25) is 0 Å². The molecular formula is C19H21NO. The molecule has 0 saturated carbocycles. The zero-order valence-corrected chi connectivity index (χ0v) is 12.3. The second-order valence-corrected chi connectivity index (χ2v) is 6.21. The van der Waals surface area contributed by atoms with Gasteiger partial charge < -0.3 is 10.5 Å². The number of aryl methyl sites for hydroxylation is 2. The molecule has 0 amide bonds. The standard InChI is InChI=1S/C19H21NO/c20-18-10-9-17-16(18)5-2-6-19(17)21-12-13-7-8-14-3-1-4-15(14)11-13/h2,5-8,11,18H,1,3-4,9-10,12,20H2. The summed E-state index contributed by atoms with van der Waals surface area (Å²) in [4.78, 5) is 0. The van der Waals surface area contributed by atoms with Crippen molar-refractivity contribution in [3.05, 3.63) is 64.2 Å². The highest BCUT2D eigenvalue weighted by Gasteiger charge is 2.22. The number of nitrogens with two attached hydrogens (primary N) is 1. The van der Waals surface area contributed by atoms with Crippen LogP contribution in [0, 0.1) is 0 Å². The third-order valence-corrected chi connectivity index (χ3v) is 4.83. The zero-order valence-electron chi connectivity index (χ0n) is 12.3. The average Bonchev–Trinajstić information content (AvgIpc) is 3.12. The molecule has 0 bridgehead atoms. The topological polar surface area (TPSA) is 35.2 Å². The monoisotopic (exact) mass is 279 g/mol. The number of fused-ring (bicyclic) bond motifs is 2. The Morgan fingerprint density at radius 1 is 1.05 bits per heavy atom. The lowest BCUT2D eigenvalue weighted by Crippen LogP contribution is -2.05. The van der Waals surface area contributed by atoms with Crippen LogP contribution < -0.4 is 10.5 Å². The van der Waals surface area contributed by atoms with Gasteiger partial charge >= 0.3 is 0 Å². The molecule has 2 aliphatic carbocycles. The van der Waals surface area contributed by atoms with Crippen LogP contribution in [0.15, 0.2) is 36.4 Å². The first-order chi connectivity index (χ1) is 10.3. The minimum absolute atomic E-state index is 0.184. The van der Waals surface area contributed by atoms with Crippen LogP contribution in [-0.4, -0.2) is 0 Å². The van der Waals surface area contributed by atoms with Gasteiger partial charge in [0, 0.05) is 6.04 Å². The molecule has 1 atom stereocenters. The van der Waals surface area contributed by atoms with E-state index in [0.29, 0.717) is 6.61 Å². The van der Waals surface area contributed by atoms with E-state index < -0.39 is 0 Å². The van der Waals surface area contributed by atoms with Gasteiger partial charge in [-0.2, -0.15) is 0 Å². The first-order valence-electron chi connectivity index (χ1n) is 7.92. The van der Waals surface area contributed by atoms with Gasteiger partial charge in [0.15, 0.2) is 0 Å². The summed E-state index contributed by atoms with van der Waals surface area (Å²) < 4.78 is 6.09. The summed E-state index contributed by atoms with van der Waals surface area (Å²) in [5.41, 5.74) is 13.0. The van der Waals surface area contributed by atoms with E-state index in [1.165, 1.54) is 47.1 Å². The van der Waals surface area contributed by atoms with Crippen molar-refractivity contribution in [2.75, 3.05) is 0 Å². The molecule has 0 spiro atoms. The van der Waals surface area contributed by atoms with Gasteiger partial charge in [-0.1, -0.05) is 30.3 Å². The largest absolute Gasteiger partial charge is 0.489 e.